The second kappa shape index (κ2) is 12.1. The minimum absolute atomic E-state index is 0.427. The third-order valence-electron chi connectivity index (χ3n) is 8.51. The van der Waals surface area contributed by atoms with Crippen LogP contribution in [0.2, 0.25) is 0 Å². The number of aromatic nitrogens is 4. The summed E-state index contributed by atoms with van der Waals surface area (Å²) in [6.07, 6.45) is 0. The van der Waals surface area contributed by atoms with E-state index in [0.717, 1.165) is 55.3 Å². The van der Waals surface area contributed by atoms with Crippen LogP contribution in [-0.2, 0) is 0 Å². The van der Waals surface area contributed by atoms with Gasteiger partial charge in [0.15, 0.2) is 17.5 Å². The van der Waals surface area contributed by atoms with Crippen molar-refractivity contribution in [3.63, 3.8) is 0 Å². The highest BCUT2D eigenvalue weighted by Gasteiger charge is 2.20. The number of fused-ring (bicyclic) bond motifs is 3. The lowest BCUT2D eigenvalue weighted by molar-refractivity contribution is 1.06. The van der Waals surface area contributed by atoms with Crippen LogP contribution in [0.15, 0.2) is 140 Å². The van der Waals surface area contributed by atoms with Gasteiger partial charge in [-0.15, -0.1) is 0 Å². The van der Waals surface area contributed by atoms with E-state index < -0.39 is 0 Å². The molecule has 49 heavy (non-hydrogen) atoms. The lowest BCUT2D eigenvalue weighted by atomic mass is 9.99. The smallest absolute Gasteiger partial charge is 0.166 e. The van der Waals surface area contributed by atoms with Crippen LogP contribution in [0.5, 0.6) is 0 Å². The molecule has 0 fully saturated rings. The van der Waals surface area contributed by atoms with Crippen LogP contribution in [0.1, 0.15) is 16.7 Å². The Kier molecular flexibility index (Phi) is 7.16. The first-order valence-electron chi connectivity index (χ1n) is 15.5. The summed E-state index contributed by atoms with van der Waals surface area (Å²) < 4.78 is 2.14. The number of nitriles is 3. The number of rotatable bonds is 5. The Morgan fingerprint density at radius 1 is 0.408 bits per heavy atom. The summed E-state index contributed by atoms with van der Waals surface area (Å²) in [5.41, 5.74) is 8.09. The molecular weight excluding hydrogens is 603 g/mol. The third kappa shape index (κ3) is 5.22. The number of hydrogen-bond donors (Lipinski definition) is 0. The van der Waals surface area contributed by atoms with Crippen LogP contribution >= 0.6 is 0 Å². The van der Waals surface area contributed by atoms with E-state index in [-0.39, 0.29) is 0 Å². The molecule has 6 aromatic carbocycles. The van der Waals surface area contributed by atoms with Crippen LogP contribution < -0.4 is 0 Å². The van der Waals surface area contributed by atoms with Crippen LogP contribution in [0.3, 0.4) is 0 Å². The number of nitrogens with zero attached hydrogens (tertiary/aromatic N) is 7. The highest BCUT2D eigenvalue weighted by atomic mass is 15.1. The molecule has 0 saturated heterocycles. The molecule has 8 aromatic rings. The molecule has 226 valence electrons. The Morgan fingerprint density at radius 2 is 0.980 bits per heavy atom. The van der Waals surface area contributed by atoms with Crippen molar-refractivity contribution in [2.24, 2.45) is 0 Å². The standard InChI is InChI=1S/C42H23N7/c43-24-27-15-17-35(42-47-40(30-9-3-1-4-10-30)46-41(48-42)31-11-5-2-6-12-31)39(22-27)49-37-14-8-7-13-34(37)36-23-32(16-18-38(36)49)33-20-28(25-44)19-29(21-33)26-45/h1-23H. The molecule has 0 atom stereocenters. The summed E-state index contributed by atoms with van der Waals surface area (Å²) in [7, 11) is 0. The molecule has 0 radical (unpaired) electrons. The van der Waals surface area contributed by atoms with E-state index in [0.29, 0.717) is 34.2 Å². The normalized spacial score (nSPS) is 10.8. The maximum atomic E-state index is 10.0. The summed E-state index contributed by atoms with van der Waals surface area (Å²) in [4.78, 5) is 14.9. The van der Waals surface area contributed by atoms with E-state index in [9.17, 15) is 15.8 Å². The van der Waals surface area contributed by atoms with Crippen LogP contribution in [0.4, 0.5) is 0 Å². The van der Waals surface area contributed by atoms with Gasteiger partial charge in [0.2, 0.25) is 0 Å². The van der Waals surface area contributed by atoms with Crippen molar-refractivity contribution in [1.29, 1.82) is 15.8 Å². The van der Waals surface area contributed by atoms with Crippen molar-refractivity contribution >= 4 is 21.8 Å². The SMILES string of the molecule is N#Cc1cc(C#N)cc(-c2ccc3c(c2)c2ccccc2n3-c2cc(C#N)ccc2-c2nc(-c3ccccc3)nc(-c3ccccc3)n2)c1. The first kappa shape index (κ1) is 29.0. The molecule has 8 rings (SSSR count). The Bertz CT molecular complexity index is 2600. The van der Waals surface area contributed by atoms with Gasteiger partial charge in [0.05, 0.1) is 51.6 Å². The maximum Gasteiger partial charge on any atom is 0.166 e. The Morgan fingerprint density at radius 3 is 1.61 bits per heavy atom. The Hall–Kier alpha value is -7.40. The van der Waals surface area contributed by atoms with Gasteiger partial charge in [0.1, 0.15) is 0 Å². The molecule has 0 N–H and O–H groups in total. The number of hydrogen-bond acceptors (Lipinski definition) is 6. The van der Waals surface area contributed by atoms with Crippen molar-refractivity contribution in [2.45, 2.75) is 0 Å². The van der Waals surface area contributed by atoms with Crippen molar-refractivity contribution in [2.75, 3.05) is 0 Å². The zero-order valence-electron chi connectivity index (χ0n) is 25.9. The average Bonchev–Trinajstić information content (AvgIpc) is 3.51. The van der Waals surface area contributed by atoms with E-state index >= 15 is 0 Å². The Labute approximate surface area is 281 Å². The molecule has 7 heteroatoms. The predicted molar refractivity (Wildman–Crippen MR) is 190 cm³/mol. The lowest BCUT2D eigenvalue weighted by Gasteiger charge is -2.15. The van der Waals surface area contributed by atoms with Gasteiger partial charge in [-0.2, -0.15) is 15.8 Å². The highest BCUT2D eigenvalue weighted by molar-refractivity contribution is 6.11. The Balaban J connectivity index is 1.39. The minimum atomic E-state index is 0.427. The van der Waals surface area contributed by atoms with Gasteiger partial charge in [0, 0.05) is 27.5 Å². The van der Waals surface area contributed by atoms with Gasteiger partial charge in [-0.05, 0) is 65.7 Å². The monoisotopic (exact) mass is 625 g/mol. The molecule has 0 aliphatic heterocycles. The molecule has 0 unspecified atom stereocenters. The molecule has 0 bridgehead atoms. The summed E-state index contributed by atoms with van der Waals surface area (Å²) >= 11 is 0. The summed E-state index contributed by atoms with van der Waals surface area (Å²) in [5.74, 6) is 1.57. The van der Waals surface area contributed by atoms with E-state index in [1.165, 1.54) is 0 Å². The molecule has 2 aromatic heterocycles. The quantitative estimate of drug-likeness (QED) is 0.188. The van der Waals surface area contributed by atoms with Gasteiger partial charge >= 0.3 is 0 Å². The fourth-order valence-corrected chi connectivity index (χ4v) is 6.24. The van der Waals surface area contributed by atoms with E-state index in [2.05, 4.69) is 41.0 Å². The van der Waals surface area contributed by atoms with Crippen molar-refractivity contribution in [1.82, 2.24) is 19.5 Å². The lowest BCUT2D eigenvalue weighted by Crippen LogP contribution is -2.04. The van der Waals surface area contributed by atoms with E-state index in [1.54, 1.807) is 24.3 Å². The van der Waals surface area contributed by atoms with Gasteiger partial charge < -0.3 is 4.57 Å². The van der Waals surface area contributed by atoms with E-state index in [1.807, 2.05) is 97.1 Å². The second-order valence-corrected chi connectivity index (χ2v) is 11.5. The summed E-state index contributed by atoms with van der Waals surface area (Å²) in [5, 5.41) is 31.2. The summed E-state index contributed by atoms with van der Waals surface area (Å²) in [6, 6.07) is 51.3. The first-order chi connectivity index (χ1) is 24.1. The van der Waals surface area contributed by atoms with Gasteiger partial charge in [0.25, 0.3) is 0 Å². The fraction of sp³-hybridized carbons (Fsp3) is 0. The molecule has 7 nitrogen and oxygen atoms in total. The first-order valence-corrected chi connectivity index (χ1v) is 15.5. The predicted octanol–water partition coefficient (Wildman–Crippen LogP) is 9.25. The van der Waals surface area contributed by atoms with E-state index in [4.69, 9.17) is 15.0 Å². The second-order valence-electron chi connectivity index (χ2n) is 11.5. The number of para-hydroxylation sites is 1. The van der Waals surface area contributed by atoms with Crippen molar-refractivity contribution < 1.29 is 0 Å². The molecule has 0 aliphatic carbocycles. The molecule has 0 saturated carbocycles. The zero-order valence-corrected chi connectivity index (χ0v) is 25.9. The molecule has 0 spiro atoms. The van der Waals surface area contributed by atoms with Gasteiger partial charge in [-0.1, -0.05) is 84.9 Å². The maximum absolute atomic E-state index is 10.0. The third-order valence-corrected chi connectivity index (χ3v) is 8.51. The molecule has 0 aliphatic rings. The zero-order chi connectivity index (χ0) is 33.3. The van der Waals surface area contributed by atoms with Crippen molar-refractivity contribution in [3.05, 3.63) is 156 Å². The topological polar surface area (TPSA) is 115 Å². The average molecular weight is 626 g/mol. The van der Waals surface area contributed by atoms with Gasteiger partial charge in [-0.25, -0.2) is 15.0 Å². The molecular formula is C42H23N7. The van der Waals surface area contributed by atoms with Crippen molar-refractivity contribution in [3.8, 4) is 69.2 Å². The fourth-order valence-electron chi connectivity index (χ4n) is 6.24. The van der Waals surface area contributed by atoms with Crippen LogP contribution in [-0.4, -0.2) is 19.5 Å². The van der Waals surface area contributed by atoms with Gasteiger partial charge in [-0.3, -0.25) is 0 Å². The van der Waals surface area contributed by atoms with Crippen LogP contribution in [0.25, 0.3) is 72.8 Å². The molecule has 0 amide bonds. The number of benzene rings is 6. The minimum Gasteiger partial charge on any atom is -0.308 e. The highest BCUT2D eigenvalue weighted by Crippen LogP contribution is 2.38. The molecule has 2 heterocycles. The largest absolute Gasteiger partial charge is 0.308 e. The van der Waals surface area contributed by atoms with Crippen LogP contribution in [0, 0.1) is 34.0 Å². The summed E-state index contributed by atoms with van der Waals surface area (Å²) in [6.45, 7) is 0.